The predicted molar refractivity (Wildman–Crippen MR) is 95.4 cm³/mol. The molecule has 24 heavy (non-hydrogen) atoms. The van der Waals surface area contributed by atoms with E-state index in [1.165, 1.54) is 32.1 Å². The molecule has 0 atom stereocenters. The van der Waals surface area contributed by atoms with Crippen LogP contribution < -0.4 is 10.2 Å². The molecule has 132 valence electrons. The Bertz CT molecular complexity index is 535. The lowest BCUT2D eigenvalue weighted by Gasteiger charge is -2.36. The van der Waals surface area contributed by atoms with Crippen LogP contribution in [0.3, 0.4) is 0 Å². The molecule has 1 saturated heterocycles. The summed E-state index contributed by atoms with van der Waals surface area (Å²) in [4.78, 5) is 18.5. The second-order valence-corrected chi connectivity index (χ2v) is 6.84. The van der Waals surface area contributed by atoms with Gasteiger partial charge in [0.25, 0.3) is 5.91 Å². The minimum Gasteiger partial charge on any atom is -0.375 e. The molecule has 1 saturated carbocycles. The van der Waals surface area contributed by atoms with Gasteiger partial charge in [0.15, 0.2) is 0 Å². The highest BCUT2D eigenvalue weighted by Gasteiger charge is 2.24. The van der Waals surface area contributed by atoms with Gasteiger partial charge >= 0.3 is 0 Å². The van der Waals surface area contributed by atoms with Crippen molar-refractivity contribution in [3.63, 3.8) is 0 Å². The Morgan fingerprint density at radius 1 is 1.21 bits per heavy atom. The summed E-state index contributed by atoms with van der Waals surface area (Å²) in [6.07, 6.45) is 11.2. The van der Waals surface area contributed by atoms with Gasteiger partial charge in [-0.15, -0.1) is 0 Å². The van der Waals surface area contributed by atoms with E-state index in [9.17, 15) is 4.79 Å². The van der Waals surface area contributed by atoms with E-state index in [1.807, 2.05) is 19.1 Å². The van der Waals surface area contributed by atoms with E-state index in [2.05, 4.69) is 15.2 Å². The van der Waals surface area contributed by atoms with Crippen molar-refractivity contribution in [1.82, 2.24) is 10.3 Å². The molecule has 5 nitrogen and oxygen atoms in total. The Hall–Kier alpha value is -1.62. The summed E-state index contributed by atoms with van der Waals surface area (Å²) in [5.74, 6) is -0.102. The van der Waals surface area contributed by atoms with Gasteiger partial charge in [-0.1, -0.05) is 19.3 Å². The molecule has 1 aliphatic carbocycles. The summed E-state index contributed by atoms with van der Waals surface area (Å²) in [7, 11) is 0. The maximum Gasteiger partial charge on any atom is 0.269 e. The van der Waals surface area contributed by atoms with Crippen molar-refractivity contribution in [2.24, 2.45) is 0 Å². The van der Waals surface area contributed by atoms with Gasteiger partial charge in [0, 0.05) is 31.5 Å². The predicted octanol–water partition coefficient (Wildman–Crippen LogP) is 3.15. The molecule has 1 aliphatic heterocycles. The van der Waals surface area contributed by atoms with E-state index in [4.69, 9.17) is 4.74 Å². The Morgan fingerprint density at radius 2 is 1.92 bits per heavy atom. The van der Waals surface area contributed by atoms with Crippen molar-refractivity contribution in [2.75, 3.05) is 24.5 Å². The summed E-state index contributed by atoms with van der Waals surface area (Å²) in [6.45, 7) is 4.50. The molecule has 1 N–H and O–H groups in total. The van der Waals surface area contributed by atoms with Crippen LogP contribution in [0.25, 0.3) is 0 Å². The number of hydrogen-bond acceptors (Lipinski definition) is 4. The highest BCUT2D eigenvalue weighted by atomic mass is 16.5. The van der Waals surface area contributed by atoms with Gasteiger partial charge in [-0.25, -0.2) is 0 Å². The van der Waals surface area contributed by atoms with Crippen LogP contribution in [0.15, 0.2) is 18.3 Å². The van der Waals surface area contributed by atoms with Gasteiger partial charge in [0.05, 0.1) is 12.2 Å². The molecule has 0 radical (unpaired) electrons. The molecule has 1 aromatic rings. The summed E-state index contributed by atoms with van der Waals surface area (Å²) < 4.78 is 6.31. The minimum atomic E-state index is -0.102. The molecular formula is C19H29N3O2. The SMILES string of the molecule is CCNC(=O)c1cc(N2CCC(OC3CCCCC3)CC2)ccn1. The number of anilines is 1. The van der Waals surface area contributed by atoms with E-state index in [-0.39, 0.29) is 5.91 Å². The van der Waals surface area contributed by atoms with Crippen LogP contribution in [0, 0.1) is 0 Å². The van der Waals surface area contributed by atoms with Crippen molar-refractivity contribution in [2.45, 2.75) is 64.1 Å². The lowest BCUT2D eigenvalue weighted by atomic mass is 9.97. The summed E-state index contributed by atoms with van der Waals surface area (Å²) in [6, 6.07) is 3.89. The first-order chi connectivity index (χ1) is 11.8. The number of pyridine rings is 1. The van der Waals surface area contributed by atoms with E-state index in [1.54, 1.807) is 6.20 Å². The third-order valence-corrected chi connectivity index (χ3v) is 5.06. The number of rotatable bonds is 5. The van der Waals surface area contributed by atoms with E-state index < -0.39 is 0 Å². The van der Waals surface area contributed by atoms with Crippen LogP contribution in [0.4, 0.5) is 5.69 Å². The Kier molecular flexibility index (Phi) is 6.07. The van der Waals surface area contributed by atoms with Crippen LogP contribution in [0.5, 0.6) is 0 Å². The average molecular weight is 331 g/mol. The van der Waals surface area contributed by atoms with Crippen molar-refractivity contribution >= 4 is 11.6 Å². The van der Waals surface area contributed by atoms with Crippen LogP contribution in [-0.4, -0.2) is 42.7 Å². The zero-order chi connectivity index (χ0) is 16.8. The molecule has 2 heterocycles. The van der Waals surface area contributed by atoms with Gasteiger partial charge in [-0.2, -0.15) is 0 Å². The lowest BCUT2D eigenvalue weighted by Crippen LogP contribution is -2.39. The van der Waals surface area contributed by atoms with Gasteiger partial charge in [0.1, 0.15) is 5.69 Å². The number of amides is 1. The average Bonchev–Trinajstić information content (AvgIpc) is 2.63. The van der Waals surface area contributed by atoms with E-state index in [0.717, 1.165) is 31.6 Å². The topological polar surface area (TPSA) is 54.5 Å². The van der Waals surface area contributed by atoms with Crippen LogP contribution in [0.1, 0.15) is 62.4 Å². The zero-order valence-electron chi connectivity index (χ0n) is 14.7. The maximum atomic E-state index is 11.9. The first-order valence-electron chi connectivity index (χ1n) is 9.41. The molecule has 2 fully saturated rings. The third kappa shape index (κ3) is 4.47. The zero-order valence-corrected chi connectivity index (χ0v) is 14.7. The molecule has 1 aromatic heterocycles. The van der Waals surface area contributed by atoms with Gasteiger partial charge in [0.2, 0.25) is 0 Å². The molecule has 0 bridgehead atoms. The lowest BCUT2D eigenvalue weighted by molar-refractivity contribution is -0.0395. The number of aromatic nitrogens is 1. The van der Waals surface area contributed by atoms with Crippen molar-refractivity contribution in [3.05, 3.63) is 24.0 Å². The van der Waals surface area contributed by atoms with E-state index >= 15 is 0 Å². The van der Waals surface area contributed by atoms with Crippen molar-refractivity contribution in [3.8, 4) is 0 Å². The fraction of sp³-hybridized carbons (Fsp3) is 0.684. The second kappa shape index (κ2) is 8.47. The summed E-state index contributed by atoms with van der Waals surface area (Å²) >= 11 is 0. The molecular weight excluding hydrogens is 302 g/mol. The van der Waals surface area contributed by atoms with Crippen LogP contribution >= 0.6 is 0 Å². The Balaban J connectivity index is 1.52. The molecule has 0 spiro atoms. The summed E-state index contributed by atoms with van der Waals surface area (Å²) in [5, 5.41) is 2.80. The van der Waals surface area contributed by atoms with Crippen molar-refractivity contribution < 1.29 is 9.53 Å². The normalized spacial score (nSPS) is 20.1. The first-order valence-corrected chi connectivity index (χ1v) is 9.41. The van der Waals surface area contributed by atoms with Gasteiger partial charge in [-0.05, 0) is 44.7 Å². The number of nitrogens with one attached hydrogen (secondary N) is 1. The standard InChI is InChI=1S/C19H29N3O2/c1-2-20-19(23)18-14-15(8-11-21-18)22-12-9-17(10-13-22)24-16-6-4-3-5-7-16/h8,11,14,16-17H,2-7,9-10,12-13H2,1H3,(H,20,23). The fourth-order valence-electron chi connectivity index (χ4n) is 3.71. The first kappa shape index (κ1) is 17.2. The monoisotopic (exact) mass is 331 g/mol. The van der Waals surface area contributed by atoms with Gasteiger partial charge < -0.3 is 15.0 Å². The molecule has 0 aromatic carbocycles. The molecule has 5 heteroatoms. The quantitative estimate of drug-likeness (QED) is 0.900. The molecule has 3 rings (SSSR count). The third-order valence-electron chi connectivity index (χ3n) is 5.06. The molecule has 0 unspecified atom stereocenters. The van der Waals surface area contributed by atoms with Gasteiger partial charge in [-0.3, -0.25) is 9.78 Å². The Morgan fingerprint density at radius 3 is 2.62 bits per heavy atom. The van der Waals surface area contributed by atoms with Crippen LogP contribution in [-0.2, 0) is 4.74 Å². The number of ether oxygens (including phenoxy) is 1. The number of piperidine rings is 1. The van der Waals surface area contributed by atoms with Crippen LogP contribution in [0.2, 0.25) is 0 Å². The number of carbonyl (C=O) groups is 1. The summed E-state index contributed by atoms with van der Waals surface area (Å²) in [5.41, 5.74) is 1.58. The largest absolute Gasteiger partial charge is 0.375 e. The Labute approximate surface area is 144 Å². The molecule has 1 amide bonds. The highest BCUT2D eigenvalue weighted by molar-refractivity contribution is 5.93. The van der Waals surface area contributed by atoms with E-state index in [0.29, 0.717) is 24.4 Å². The second-order valence-electron chi connectivity index (χ2n) is 6.84. The molecule has 2 aliphatic rings. The maximum absolute atomic E-state index is 11.9. The fourth-order valence-corrected chi connectivity index (χ4v) is 3.71. The highest BCUT2D eigenvalue weighted by Crippen LogP contribution is 2.26. The van der Waals surface area contributed by atoms with Crippen molar-refractivity contribution in [1.29, 1.82) is 0 Å². The number of hydrogen-bond donors (Lipinski definition) is 1. The smallest absolute Gasteiger partial charge is 0.269 e. The minimum absolute atomic E-state index is 0.102. The number of carbonyl (C=O) groups excluding carboxylic acids is 1. The number of nitrogens with zero attached hydrogens (tertiary/aromatic N) is 2.